The van der Waals surface area contributed by atoms with Gasteiger partial charge in [0.05, 0.1) is 19.6 Å². The van der Waals surface area contributed by atoms with E-state index in [-0.39, 0.29) is 5.69 Å². The van der Waals surface area contributed by atoms with E-state index in [1.54, 1.807) is 12.1 Å². The van der Waals surface area contributed by atoms with E-state index in [0.29, 0.717) is 11.3 Å². The number of aromatic hydroxyl groups is 1. The number of amides is 2. The van der Waals surface area contributed by atoms with Crippen molar-refractivity contribution in [3.8, 4) is 22.6 Å². The zero-order valence-corrected chi connectivity index (χ0v) is 17.5. The van der Waals surface area contributed by atoms with Crippen LogP contribution in [0.25, 0.3) is 11.1 Å². The molecule has 3 aromatic rings. The second kappa shape index (κ2) is 9.69. The molecule has 0 aliphatic rings. The number of aliphatic carboxylic acids is 1. The Morgan fingerprint density at radius 1 is 1.09 bits per heavy atom. The maximum Gasteiger partial charge on any atom is 0.319 e. The number of carbonyl (C=O) groups is 2. The SMILES string of the molecule is COc1cc(-c2ccccc2)cc([C@H](CC(=O)O)NC(=O)Nc2c(O)ccn(C)c2=O)c1. The highest BCUT2D eigenvalue weighted by atomic mass is 16.5. The molecule has 1 atom stereocenters. The Morgan fingerprint density at radius 2 is 1.81 bits per heavy atom. The molecule has 32 heavy (non-hydrogen) atoms. The lowest BCUT2D eigenvalue weighted by atomic mass is 9.97. The molecule has 0 aliphatic carbocycles. The van der Waals surface area contributed by atoms with Crippen molar-refractivity contribution >= 4 is 17.7 Å². The molecule has 2 amide bonds. The van der Waals surface area contributed by atoms with Crippen molar-refractivity contribution in [2.45, 2.75) is 12.5 Å². The number of nitrogens with one attached hydrogen (secondary N) is 2. The van der Waals surface area contributed by atoms with Gasteiger partial charge in [-0.3, -0.25) is 9.59 Å². The van der Waals surface area contributed by atoms with E-state index in [9.17, 15) is 24.6 Å². The van der Waals surface area contributed by atoms with E-state index in [4.69, 9.17) is 4.74 Å². The first-order valence-electron chi connectivity index (χ1n) is 9.70. The normalized spacial score (nSPS) is 11.4. The van der Waals surface area contributed by atoms with Crippen LogP contribution in [0.15, 0.2) is 65.6 Å². The molecule has 0 unspecified atom stereocenters. The standard InChI is InChI=1S/C23H23N3O6/c1-26-9-8-19(27)21(22(26)30)25-23(31)24-18(13-20(28)29)16-10-15(11-17(12-16)32-2)14-6-4-3-5-7-14/h3-12,18,27H,13H2,1-2H3,(H,28,29)(H2,24,25,31)/t18-/m0/s1. The number of aromatic nitrogens is 1. The Kier molecular flexibility index (Phi) is 6.79. The quantitative estimate of drug-likeness (QED) is 0.449. The van der Waals surface area contributed by atoms with E-state index in [1.165, 1.54) is 31.0 Å². The van der Waals surface area contributed by atoms with Gasteiger partial charge in [-0.05, 0) is 41.0 Å². The predicted molar refractivity (Wildman–Crippen MR) is 119 cm³/mol. The average molecular weight is 437 g/mol. The van der Waals surface area contributed by atoms with Crippen LogP contribution < -0.4 is 20.9 Å². The number of urea groups is 1. The van der Waals surface area contributed by atoms with Crippen LogP contribution in [0.1, 0.15) is 18.0 Å². The van der Waals surface area contributed by atoms with E-state index in [2.05, 4.69) is 10.6 Å². The van der Waals surface area contributed by atoms with Gasteiger partial charge < -0.3 is 30.2 Å². The van der Waals surface area contributed by atoms with Crippen molar-refractivity contribution in [2.24, 2.45) is 7.05 Å². The van der Waals surface area contributed by atoms with Crippen LogP contribution in [-0.4, -0.2) is 33.9 Å². The van der Waals surface area contributed by atoms with Crippen LogP contribution in [0.2, 0.25) is 0 Å². The largest absolute Gasteiger partial charge is 0.505 e. The number of carbonyl (C=O) groups excluding carboxylic acids is 1. The Morgan fingerprint density at radius 3 is 2.47 bits per heavy atom. The topological polar surface area (TPSA) is 130 Å². The van der Waals surface area contributed by atoms with Gasteiger partial charge in [-0.1, -0.05) is 30.3 Å². The monoisotopic (exact) mass is 437 g/mol. The minimum Gasteiger partial charge on any atom is -0.505 e. The van der Waals surface area contributed by atoms with Crippen LogP contribution in [-0.2, 0) is 11.8 Å². The highest BCUT2D eigenvalue weighted by Gasteiger charge is 2.21. The number of methoxy groups -OCH3 is 1. The molecule has 4 N–H and O–H groups in total. The van der Waals surface area contributed by atoms with Crippen molar-refractivity contribution in [3.63, 3.8) is 0 Å². The molecule has 0 aliphatic heterocycles. The number of nitrogens with zero attached hydrogens (tertiary/aromatic N) is 1. The predicted octanol–water partition coefficient (Wildman–Crippen LogP) is 3.10. The number of hydrogen-bond acceptors (Lipinski definition) is 5. The van der Waals surface area contributed by atoms with Gasteiger partial charge in [0, 0.05) is 13.2 Å². The van der Waals surface area contributed by atoms with Gasteiger partial charge in [-0.25, -0.2) is 4.79 Å². The zero-order valence-electron chi connectivity index (χ0n) is 17.5. The second-order valence-electron chi connectivity index (χ2n) is 7.10. The zero-order chi connectivity index (χ0) is 23.3. The Bertz CT molecular complexity index is 1190. The molecular formula is C23H23N3O6. The summed E-state index contributed by atoms with van der Waals surface area (Å²) in [4.78, 5) is 36.3. The van der Waals surface area contributed by atoms with Gasteiger partial charge >= 0.3 is 12.0 Å². The number of hydrogen-bond donors (Lipinski definition) is 4. The van der Waals surface area contributed by atoms with E-state index >= 15 is 0 Å². The molecule has 3 rings (SSSR count). The third-order valence-electron chi connectivity index (χ3n) is 4.84. The summed E-state index contributed by atoms with van der Waals surface area (Å²) in [5.74, 6) is -1.03. The van der Waals surface area contributed by atoms with Crippen LogP contribution in [0, 0.1) is 0 Å². The number of rotatable bonds is 7. The summed E-state index contributed by atoms with van der Waals surface area (Å²) >= 11 is 0. The maximum atomic E-state index is 12.6. The summed E-state index contributed by atoms with van der Waals surface area (Å²) in [5, 5.41) is 24.2. The number of pyridine rings is 1. The summed E-state index contributed by atoms with van der Waals surface area (Å²) in [6.07, 6.45) is 0.947. The van der Waals surface area contributed by atoms with Gasteiger partial charge in [0.15, 0.2) is 5.69 Å². The average Bonchev–Trinajstić information content (AvgIpc) is 2.78. The highest BCUT2D eigenvalue weighted by molar-refractivity contribution is 5.91. The minimum absolute atomic E-state index is 0.308. The Balaban J connectivity index is 1.93. The molecule has 0 bridgehead atoms. The summed E-state index contributed by atoms with van der Waals surface area (Å²) in [7, 11) is 2.97. The van der Waals surface area contributed by atoms with Crippen LogP contribution in [0.4, 0.5) is 10.5 Å². The Labute approximate surface area is 183 Å². The molecule has 2 aromatic carbocycles. The van der Waals surface area contributed by atoms with Crippen molar-refractivity contribution < 1.29 is 24.5 Å². The number of benzene rings is 2. The molecule has 0 fully saturated rings. The summed E-state index contributed by atoms with van der Waals surface area (Å²) < 4.78 is 6.56. The summed E-state index contributed by atoms with van der Waals surface area (Å²) in [5.41, 5.74) is 1.27. The van der Waals surface area contributed by atoms with Crippen LogP contribution in [0.5, 0.6) is 11.5 Å². The van der Waals surface area contributed by atoms with Crippen molar-refractivity contribution in [1.29, 1.82) is 0 Å². The highest BCUT2D eigenvalue weighted by Crippen LogP contribution is 2.30. The molecule has 1 aromatic heterocycles. The van der Waals surface area contributed by atoms with Gasteiger partial charge in [0.2, 0.25) is 0 Å². The molecule has 0 saturated heterocycles. The number of anilines is 1. The van der Waals surface area contributed by atoms with Crippen molar-refractivity contribution in [3.05, 3.63) is 76.7 Å². The summed E-state index contributed by atoms with van der Waals surface area (Å²) in [6, 6.07) is 14.2. The lowest BCUT2D eigenvalue weighted by Crippen LogP contribution is -2.36. The van der Waals surface area contributed by atoms with E-state index in [0.717, 1.165) is 11.1 Å². The maximum absolute atomic E-state index is 12.6. The van der Waals surface area contributed by atoms with Gasteiger partial charge in [0.25, 0.3) is 5.56 Å². The first-order valence-corrected chi connectivity index (χ1v) is 9.70. The third-order valence-corrected chi connectivity index (χ3v) is 4.84. The Hall–Kier alpha value is -4.27. The fourth-order valence-corrected chi connectivity index (χ4v) is 3.21. The van der Waals surface area contributed by atoms with Gasteiger partial charge in [-0.15, -0.1) is 0 Å². The molecule has 1 heterocycles. The van der Waals surface area contributed by atoms with Gasteiger partial charge in [-0.2, -0.15) is 0 Å². The lowest BCUT2D eigenvalue weighted by Gasteiger charge is -2.20. The molecule has 9 heteroatoms. The second-order valence-corrected chi connectivity index (χ2v) is 7.10. The molecule has 0 saturated carbocycles. The lowest BCUT2D eigenvalue weighted by molar-refractivity contribution is -0.137. The fraction of sp³-hybridized carbons (Fsp3) is 0.174. The van der Waals surface area contributed by atoms with Crippen LogP contribution in [0.3, 0.4) is 0 Å². The van der Waals surface area contributed by atoms with Crippen LogP contribution >= 0.6 is 0 Å². The molecule has 0 radical (unpaired) electrons. The summed E-state index contributed by atoms with van der Waals surface area (Å²) in [6.45, 7) is 0. The number of aryl methyl sites for hydroxylation is 1. The van der Waals surface area contributed by atoms with E-state index in [1.807, 2.05) is 36.4 Å². The smallest absolute Gasteiger partial charge is 0.319 e. The van der Waals surface area contributed by atoms with Crippen molar-refractivity contribution in [2.75, 3.05) is 12.4 Å². The van der Waals surface area contributed by atoms with E-state index < -0.39 is 35.8 Å². The first-order chi connectivity index (χ1) is 15.3. The van der Waals surface area contributed by atoms with Gasteiger partial charge in [0.1, 0.15) is 11.5 Å². The molecule has 166 valence electrons. The number of carboxylic acid groups (broad SMARTS) is 1. The van der Waals surface area contributed by atoms with Crippen molar-refractivity contribution in [1.82, 2.24) is 9.88 Å². The number of carboxylic acids is 1. The third kappa shape index (κ3) is 5.25. The minimum atomic E-state index is -1.13. The molecule has 9 nitrogen and oxygen atoms in total. The fourth-order valence-electron chi connectivity index (χ4n) is 3.21. The molecular weight excluding hydrogens is 414 g/mol. The first kappa shape index (κ1) is 22.4. The molecule has 0 spiro atoms. The number of ether oxygens (including phenoxy) is 1.